The average molecular weight is 314 g/mol. The number of likely N-dealkylation sites (tertiary alicyclic amines) is 1. The van der Waals surface area contributed by atoms with Gasteiger partial charge in [-0.2, -0.15) is 0 Å². The summed E-state index contributed by atoms with van der Waals surface area (Å²) in [7, 11) is 0. The lowest BCUT2D eigenvalue weighted by molar-refractivity contribution is -0.265. The summed E-state index contributed by atoms with van der Waals surface area (Å²) in [6.45, 7) is 0.494. The summed E-state index contributed by atoms with van der Waals surface area (Å²) in [6, 6.07) is 14.4. The number of nitrogens with zero attached hydrogens (tertiary/aromatic N) is 1. The van der Waals surface area contributed by atoms with Crippen LogP contribution in [-0.4, -0.2) is 35.1 Å². The Balaban J connectivity index is 1.67. The fourth-order valence-electron chi connectivity index (χ4n) is 2.64. The Morgan fingerprint density at radius 3 is 2.77 bits per heavy atom. The third-order valence-electron chi connectivity index (χ3n) is 3.90. The molecule has 1 saturated heterocycles. The first-order valence-electron chi connectivity index (χ1n) is 7.21. The molecule has 22 heavy (non-hydrogen) atoms. The van der Waals surface area contributed by atoms with Crippen LogP contribution in [0.1, 0.15) is 12.0 Å². The van der Waals surface area contributed by atoms with E-state index in [0.717, 1.165) is 5.56 Å². The summed E-state index contributed by atoms with van der Waals surface area (Å²) in [5.74, 6) is 0.825. The summed E-state index contributed by atoms with van der Waals surface area (Å²) in [4.78, 5) is 24.1. The van der Waals surface area contributed by atoms with Gasteiger partial charge in [-0.15, -0.1) is 11.8 Å². The molecule has 0 N–H and O–H groups in total. The van der Waals surface area contributed by atoms with Gasteiger partial charge in [-0.3, -0.25) is 4.79 Å². The largest absolute Gasteiger partial charge is 0.530 e. The van der Waals surface area contributed by atoms with E-state index in [1.165, 1.54) is 27.4 Å². The molecule has 2 aromatic rings. The number of amides is 1. The molecule has 4 nitrogen and oxygen atoms in total. The Morgan fingerprint density at radius 1 is 1.23 bits per heavy atom. The number of carbonyl (C=O) groups is 2. The molecule has 0 spiro atoms. The van der Waals surface area contributed by atoms with Crippen LogP contribution in [0.2, 0.25) is 0 Å². The molecule has 1 fully saturated rings. The van der Waals surface area contributed by atoms with Crippen LogP contribution in [-0.2, 0) is 10.5 Å². The molecule has 1 aliphatic heterocycles. The minimum absolute atomic E-state index is 0.128. The molecule has 1 unspecified atom stereocenters. The highest BCUT2D eigenvalue weighted by molar-refractivity contribution is 7.99. The summed E-state index contributed by atoms with van der Waals surface area (Å²) >= 11 is 1.51. The van der Waals surface area contributed by atoms with Crippen LogP contribution in [0.3, 0.4) is 0 Å². The highest BCUT2D eigenvalue weighted by atomic mass is 32.2. The number of benzene rings is 2. The van der Waals surface area contributed by atoms with Crippen molar-refractivity contribution in [3.05, 3.63) is 48.0 Å². The number of Topliss-reactive ketones (excluding diaryl/α,β-unsaturated/α-hetero) is 1. The van der Waals surface area contributed by atoms with E-state index in [9.17, 15) is 14.7 Å². The molecule has 1 heterocycles. The Labute approximate surface area is 133 Å². The van der Waals surface area contributed by atoms with Gasteiger partial charge in [0.05, 0.1) is 5.25 Å². The van der Waals surface area contributed by atoms with Crippen LogP contribution in [0.15, 0.2) is 42.5 Å². The number of piperidine rings is 1. The first-order chi connectivity index (χ1) is 10.6. The molecule has 3 rings (SSSR count). The molecule has 2 aromatic carbocycles. The van der Waals surface area contributed by atoms with Gasteiger partial charge >= 0.3 is 0 Å². The lowest BCUT2D eigenvalue weighted by Crippen LogP contribution is -2.50. The van der Waals surface area contributed by atoms with Gasteiger partial charge in [-0.05, 0) is 16.3 Å². The fourth-order valence-corrected chi connectivity index (χ4v) is 3.80. The third-order valence-corrected chi connectivity index (χ3v) is 5.21. The third kappa shape index (κ3) is 3.25. The molecule has 1 atom stereocenters. The van der Waals surface area contributed by atoms with Crippen molar-refractivity contribution >= 4 is 34.4 Å². The van der Waals surface area contributed by atoms with Gasteiger partial charge in [0.25, 0.3) is 0 Å². The topological polar surface area (TPSA) is 60.4 Å². The zero-order chi connectivity index (χ0) is 15.5. The Hall–Kier alpha value is -2.01. The number of ketones is 1. The van der Waals surface area contributed by atoms with Crippen LogP contribution < -0.4 is 5.11 Å². The minimum atomic E-state index is -1.19. The molecular formula is C17H16NO3S-. The van der Waals surface area contributed by atoms with E-state index in [2.05, 4.69) is 30.3 Å². The van der Waals surface area contributed by atoms with Crippen LogP contribution in [0, 0.1) is 0 Å². The predicted molar refractivity (Wildman–Crippen MR) is 85.6 cm³/mol. The van der Waals surface area contributed by atoms with Crippen molar-refractivity contribution in [2.75, 3.05) is 13.1 Å². The summed E-state index contributed by atoms with van der Waals surface area (Å²) in [6.07, 6.45) is -0.910. The van der Waals surface area contributed by atoms with Gasteiger partial charge in [0.2, 0.25) is 0 Å². The monoisotopic (exact) mass is 314 g/mol. The Bertz CT molecular complexity index is 716. The number of rotatable bonds is 3. The van der Waals surface area contributed by atoms with Crippen molar-refractivity contribution in [1.29, 1.82) is 0 Å². The number of thioether (sulfide) groups is 1. The highest BCUT2D eigenvalue weighted by Crippen LogP contribution is 2.25. The molecule has 114 valence electrons. The van der Waals surface area contributed by atoms with Crippen molar-refractivity contribution in [2.24, 2.45) is 0 Å². The first-order valence-corrected chi connectivity index (χ1v) is 8.26. The van der Waals surface area contributed by atoms with Crippen LogP contribution in [0.5, 0.6) is 0 Å². The van der Waals surface area contributed by atoms with Gasteiger partial charge in [0.1, 0.15) is 11.9 Å². The average Bonchev–Trinajstić information content (AvgIpc) is 2.53. The number of carboxylic acid groups (broad SMARTS) is 1. The van der Waals surface area contributed by atoms with Crippen LogP contribution in [0.4, 0.5) is 4.79 Å². The van der Waals surface area contributed by atoms with Gasteiger partial charge in [0, 0.05) is 25.3 Å². The van der Waals surface area contributed by atoms with Crippen LogP contribution >= 0.6 is 11.8 Å². The number of hydrogen-bond donors (Lipinski definition) is 0. The Morgan fingerprint density at radius 2 is 2.00 bits per heavy atom. The van der Waals surface area contributed by atoms with E-state index in [-0.39, 0.29) is 30.5 Å². The van der Waals surface area contributed by atoms with Crippen LogP contribution in [0.25, 0.3) is 10.8 Å². The Kier molecular flexibility index (Phi) is 4.34. The maximum absolute atomic E-state index is 11.9. The fraction of sp³-hybridized carbons (Fsp3) is 0.294. The summed E-state index contributed by atoms with van der Waals surface area (Å²) in [5, 5.41) is 13.0. The second-order valence-electron chi connectivity index (χ2n) is 5.41. The van der Waals surface area contributed by atoms with Crippen molar-refractivity contribution in [3.63, 3.8) is 0 Å². The summed E-state index contributed by atoms with van der Waals surface area (Å²) in [5.41, 5.74) is 1.14. The normalized spacial score (nSPS) is 18.6. The van der Waals surface area contributed by atoms with Gasteiger partial charge < -0.3 is 14.8 Å². The second kappa shape index (κ2) is 6.40. The zero-order valence-corrected chi connectivity index (χ0v) is 12.8. The van der Waals surface area contributed by atoms with Crippen molar-refractivity contribution in [2.45, 2.75) is 17.4 Å². The maximum atomic E-state index is 11.9. The SMILES string of the molecule is O=C1CCN(C(=O)[O-])CC1SCc1ccc2ccccc2c1. The molecule has 0 radical (unpaired) electrons. The lowest BCUT2D eigenvalue weighted by Gasteiger charge is -2.33. The first kappa shape index (κ1) is 14.9. The maximum Gasteiger partial charge on any atom is 0.149 e. The van der Waals surface area contributed by atoms with Gasteiger partial charge in [-0.1, -0.05) is 42.5 Å². The van der Waals surface area contributed by atoms with E-state index in [0.29, 0.717) is 5.75 Å². The molecule has 1 amide bonds. The van der Waals surface area contributed by atoms with Gasteiger partial charge in [0.15, 0.2) is 0 Å². The lowest BCUT2D eigenvalue weighted by atomic mass is 10.1. The molecule has 1 aliphatic rings. The highest BCUT2D eigenvalue weighted by Gasteiger charge is 2.27. The second-order valence-corrected chi connectivity index (χ2v) is 6.60. The smallest absolute Gasteiger partial charge is 0.149 e. The van der Waals surface area contributed by atoms with E-state index in [1.54, 1.807) is 0 Å². The molecule has 0 bridgehead atoms. The molecular weight excluding hydrogens is 298 g/mol. The van der Waals surface area contributed by atoms with Gasteiger partial charge in [-0.25, -0.2) is 0 Å². The minimum Gasteiger partial charge on any atom is -0.530 e. The quantitative estimate of drug-likeness (QED) is 0.870. The summed E-state index contributed by atoms with van der Waals surface area (Å²) < 4.78 is 0. The standard InChI is InChI=1S/C17H17NO3S/c19-15-7-8-18(17(20)21)10-16(15)22-11-12-5-6-13-3-1-2-4-14(13)9-12/h1-6,9,16H,7-8,10-11H2,(H,20,21)/p-1. The molecule has 0 aromatic heterocycles. The number of hydrogen-bond acceptors (Lipinski definition) is 4. The molecule has 5 heteroatoms. The van der Waals surface area contributed by atoms with E-state index in [1.807, 2.05) is 12.1 Å². The van der Waals surface area contributed by atoms with E-state index < -0.39 is 6.09 Å². The molecule has 0 saturated carbocycles. The van der Waals surface area contributed by atoms with E-state index >= 15 is 0 Å². The predicted octanol–water partition coefficient (Wildman–Crippen LogP) is 2.06. The van der Waals surface area contributed by atoms with E-state index in [4.69, 9.17) is 0 Å². The zero-order valence-electron chi connectivity index (χ0n) is 12.0. The van der Waals surface area contributed by atoms with Crippen molar-refractivity contribution in [3.8, 4) is 0 Å². The van der Waals surface area contributed by atoms with Crippen molar-refractivity contribution in [1.82, 2.24) is 4.90 Å². The molecule has 0 aliphatic carbocycles. The number of fused-ring (bicyclic) bond motifs is 1. The van der Waals surface area contributed by atoms with Crippen molar-refractivity contribution < 1.29 is 14.7 Å². The number of carbonyl (C=O) groups excluding carboxylic acids is 2.